The quantitative estimate of drug-likeness (QED) is 0.821. The van der Waals surface area contributed by atoms with Crippen molar-refractivity contribution < 1.29 is 9.53 Å². The van der Waals surface area contributed by atoms with Crippen LogP contribution in [-0.4, -0.2) is 56.6 Å². The second kappa shape index (κ2) is 8.44. The first kappa shape index (κ1) is 19.2. The topological polar surface area (TPSA) is 36.0 Å². The Kier molecular flexibility index (Phi) is 6.01. The molecule has 2 amide bonds. The smallest absolute Gasteiger partial charge is 0.324 e. The number of ether oxygens (including phenoxy) is 1. The fourth-order valence-electron chi connectivity index (χ4n) is 3.27. The number of carbonyl (C=O) groups is 1. The van der Waals surface area contributed by atoms with Gasteiger partial charge in [-0.3, -0.25) is 4.90 Å². The zero-order valence-corrected chi connectivity index (χ0v) is 16.7. The van der Waals surface area contributed by atoms with Crippen LogP contribution < -0.4 is 9.64 Å². The van der Waals surface area contributed by atoms with Gasteiger partial charge in [-0.05, 0) is 44.3 Å². The van der Waals surface area contributed by atoms with Crippen LogP contribution in [0.2, 0.25) is 0 Å². The normalized spacial score (nSPS) is 16.5. The standard InChI is InChI=1S/C22H29N3O2/c1-17-10-11-21-19(16-17)25(22(26)24(4)15-14-23(2)3)13-12-20(27-21)18-8-6-5-7-9-18/h5-11,16,20H,12-15H2,1-4H3. The van der Waals surface area contributed by atoms with Gasteiger partial charge in [-0.1, -0.05) is 36.4 Å². The first-order valence-electron chi connectivity index (χ1n) is 9.45. The number of fused-ring (bicyclic) bond motifs is 1. The van der Waals surface area contributed by atoms with E-state index in [9.17, 15) is 4.79 Å². The molecule has 2 aromatic carbocycles. The number of anilines is 1. The second-order valence-electron chi connectivity index (χ2n) is 7.44. The molecule has 27 heavy (non-hydrogen) atoms. The number of hydrogen-bond donors (Lipinski definition) is 0. The maximum absolute atomic E-state index is 13.2. The lowest BCUT2D eigenvalue weighted by Gasteiger charge is -2.28. The van der Waals surface area contributed by atoms with E-state index in [1.54, 1.807) is 4.90 Å². The molecular weight excluding hydrogens is 338 g/mol. The van der Waals surface area contributed by atoms with Crippen molar-refractivity contribution in [3.63, 3.8) is 0 Å². The zero-order chi connectivity index (χ0) is 19.4. The van der Waals surface area contributed by atoms with Gasteiger partial charge in [-0.2, -0.15) is 0 Å². The lowest BCUT2D eigenvalue weighted by atomic mass is 10.1. The molecule has 0 saturated carbocycles. The van der Waals surface area contributed by atoms with Gasteiger partial charge in [0.1, 0.15) is 11.9 Å². The highest BCUT2D eigenvalue weighted by Crippen LogP contribution is 2.38. The van der Waals surface area contributed by atoms with E-state index < -0.39 is 0 Å². The largest absolute Gasteiger partial charge is 0.483 e. The Morgan fingerprint density at radius 3 is 2.56 bits per heavy atom. The average Bonchev–Trinajstić information content (AvgIpc) is 2.85. The molecule has 1 atom stereocenters. The van der Waals surface area contributed by atoms with Crippen molar-refractivity contribution in [2.75, 3.05) is 45.7 Å². The summed E-state index contributed by atoms with van der Waals surface area (Å²) < 4.78 is 6.34. The van der Waals surface area contributed by atoms with Crippen LogP contribution in [0.15, 0.2) is 48.5 Å². The van der Waals surface area contributed by atoms with Crippen molar-refractivity contribution in [2.24, 2.45) is 0 Å². The van der Waals surface area contributed by atoms with E-state index in [0.717, 1.165) is 35.5 Å². The molecule has 5 heteroatoms. The molecule has 2 aromatic rings. The fraction of sp³-hybridized carbons (Fsp3) is 0.409. The third kappa shape index (κ3) is 4.61. The zero-order valence-electron chi connectivity index (χ0n) is 16.7. The van der Waals surface area contributed by atoms with Crippen LogP contribution in [0, 0.1) is 6.92 Å². The number of amides is 2. The molecule has 1 aliphatic heterocycles. The molecule has 1 aliphatic rings. The van der Waals surface area contributed by atoms with Crippen LogP contribution in [0.3, 0.4) is 0 Å². The van der Waals surface area contributed by atoms with Crippen molar-refractivity contribution >= 4 is 11.7 Å². The second-order valence-corrected chi connectivity index (χ2v) is 7.44. The van der Waals surface area contributed by atoms with E-state index in [4.69, 9.17) is 4.74 Å². The molecule has 0 aromatic heterocycles. The number of aryl methyl sites for hydroxylation is 1. The summed E-state index contributed by atoms with van der Waals surface area (Å²) in [5, 5.41) is 0. The SMILES string of the molecule is Cc1ccc2c(c1)N(C(=O)N(C)CCN(C)C)CCC(c1ccccc1)O2. The van der Waals surface area contributed by atoms with Gasteiger partial charge in [0, 0.05) is 33.1 Å². The fourth-order valence-corrected chi connectivity index (χ4v) is 3.27. The molecular formula is C22H29N3O2. The third-order valence-electron chi connectivity index (χ3n) is 4.90. The molecule has 0 saturated heterocycles. The Labute approximate surface area is 162 Å². The van der Waals surface area contributed by atoms with Gasteiger partial charge < -0.3 is 14.5 Å². The predicted molar refractivity (Wildman–Crippen MR) is 110 cm³/mol. The van der Waals surface area contributed by atoms with Gasteiger partial charge in [-0.15, -0.1) is 0 Å². The van der Waals surface area contributed by atoms with Gasteiger partial charge in [0.25, 0.3) is 0 Å². The Hall–Kier alpha value is -2.53. The Balaban J connectivity index is 1.87. The number of benzene rings is 2. The summed E-state index contributed by atoms with van der Waals surface area (Å²) in [6, 6.07) is 16.3. The third-order valence-corrected chi connectivity index (χ3v) is 4.90. The first-order chi connectivity index (χ1) is 13.0. The van der Waals surface area contributed by atoms with Crippen LogP contribution in [-0.2, 0) is 0 Å². The minimum atomic E-state index is -0.0578. The summed E-state index contributed by atoms with van der Waals surface area (Å²) in [5.41, 5.74) is 3.11. The van der Waals surface area contributed by atoms with Crippen LogP contribution in [0.4, 0.5) is 10.5 Å². The Morgan fingerprint density at radius 2 is 1.85 bits per heavy atom. The van der Waals surface area contributed by atoms with E-state index in [1.165, 1.54) is 0 Å². The molecule has 144 valence electrons. The first-order valence-corrected chi connectivity index (χ1v) is 9.45. The molecule has 3 rings (SSSR count). The molecule has 1 unspecified atom stereocenters. The van der Waals surface area contributed by atoms with Gasteiger partial charge in [0.15, 0.2) is 0 Å². The van der Waals surface area contributed by atoms with Crippen molar-refractivity contribution in [1.29, 1.82) is 0 Å². The van der Waals surface area contributed by atoms with Crippen LogP contribution in [0.1, 0.15) is 23.7 Å². The van der Waals surface area contributed by atoms with Gasteiger partial charge in [-0.25, -0.2) is 4.79 Å². The molecule has 0 fully saturated rings. The highest BCUT2D eigenvalue weighted by atomic mass is 16.5. The minimum Gasteiger partial charge on any atom is -0.483 e. The number of likely N-dealkylation sites (N-methyl/N-ethyl adjacent to an activating group) is 2. The maximum Gasteiger partial charge on any atom is 0.324 e. The van der Waals surface area contributed by atoms with Gasteiger partial charge in [0.2, 0.25) is 0 Å². The van der Waals surface area contributed by atoms with E-state index >= 15 is 0 Å². The molecule has 0 N–H and O–H groups in total. The van der Waals surface area contributed by atoms with E-state index in [2.05, 4.69) is 17.0 Å². The Morgan fingerprint density at radius 1 is 1.11 bits per heavy atom. The summed E-state index contributed by atoms with van der Waals surface area (Å²) in [6.07, 6.45) is 0.697. The summed E-state index contributed by atoms with van der Waals surface area (Å²) in [7, 11) is 5.89. The molecule has 0 radical (unpaired) electrons. The number of carbonyl (C=O) groups excluding carboxylic acids is 1. The van der Waals surface area contributed by atoms with Crippen LogP contribution in [0.25, 0.3) is 0 Å². The highest BCUT2D eigenvalue weighted by Gasteiger charge is 2.29. The minimum absolute atomic E-state index is 0.0148. The van der Waals surface area contributed by atoms with Crippen LogP contribution >= 0.6 is 0 Å². The van der Waals surface area contributed by atoms with E-state index in [1.807, 2.05) is 69.4 Å². The number of urea groups is 1. The van der Waals surface area contributed by atoms with Crippen molar-refractivity contribution in [2.45, 2.75) is 19.4 Å². The number of rotatable bonds is 4. The van der Waals surface area contributed by atoms with Crippen molar-refractivity contribution in [3.8, 4) is 5.75 Å². The Bertz CT molecular complexity index is 776. The lowest BCUT2D eigenvalue weighted by Crippen LogP contribution is -2.44. The summed E-state index contributed by atoms with van der Waals surface area (Å²) in [6.45, 7) is 4.19. The van der Waals surface area contributed by atoms with Crippen LogP contribution in [0.5, 0.6) is 5.75 Å². The average molecular weight is 367 g/mol. The molecule has 0 aliphatic carbocycles. The number of nitrogens with zero attached hydrogens (tertiary/aromatic N) is 3. The highest BCUT2D eigenvalue weighted by molar-refractivity contribution is 5.93. The van der Waals surface area contributed by atoms with Crippen molar-refractivity contribution in [1.82, 2.24) is 9.80 Å². The lowest BCUT2D eigenvalue weighted by molar-refractivity contribution is 0.201. The van der Waals surface area contributed by atoms with Gasteiger partial charge >= 0.3 is 6.03 Å². The van der Waals surface area contributed by atoms with Gasteiger partial charge in [0.05, 0.1) is 5.69 Å². The maximum atomic E-state index is 13.2. The molecule has 5 nitrogen and oxygen atoms in total. The molecule has 0 spiro atoms. The monoisotopic (exact) mass is 367 g/mol. The summed E-state index contributed by atoms with van der Waals surface area (Å²) in [5.74, 6) is 0.765. The summed E-state index contributed by atoms with van der Waals surface area (Å²) >= 11 is 0. The molecule has 1 heterocycles. The number of hydrogen-bond acceptors (Lipinski definition) is 3. The molecule has 0 bridgehead atoms. The summed E-state index contributed by atoms with van der Waals surface area (Å²) in [4.78, 5) is 18.9. The van der Waals surface area contributed by atoms with Crippen molar-refractivity contribution in [3.05, 3.63) is 59.7 Å². The van der Waals surface area contributed by atoms with E-state index in [-0.39, 0.29) is 12.1 Å². The predicted octanol–water partition coefficient (Wildman–Crippen LogP) is 3.94. The van der Waals surface area contributed by atoms with E-state index in [0.29, 0.717) is 13.1 Å².